The van der Waals surface area contributed by atoms with Crippen LogP contribution in [0.4, 0.5) is 13.6 Å². The number of nitrogens with zero attached hydrogens (tertiary/aromatic N) is 1. The van der Waals surface area contributed by atoms with Crippen molar-refractivity contribution >= 4 is 17.9 Å². The van der Waals surface area contributed by atoms with Crippen LogP contribution in [0, 0.1) is 23.5 Å². The first-order valence-electron chi connectivity index (χ1n) is 10.9. The first kappa shape index (κ1) is 25.5. The van der Waals surface area contributed by atoms with Crippen LogP contribution in [0.1, 0.15) is 57.8 Å². The molecule has 3 amide bonds. The number of carbonyl (C=O) groups is 3. The van der Waals surface area contributed by atoms with Crippen LogP contribution < -0.4 is 10.6 Å². The monoisotopic (exact) mass is 453 g/mol. The third-order valence-corrected chi connectivity index (χ3v) is 5.27. The molecule has 0 saturated carbocycles. The lowest BCUT2D eigenvalue weighted by Crippen LogP contribution is -2.53. The first-order valence-corrected chi connectivity index (χ1v) is 10.9. The molecule has 0 spiro atoms. The SMILES string of the molecule is CC(C)[C@H](NC(=O)c1c(F)cccc1F)C(=O)N1CCC(CNC(=O)OC(C)(C)C)CC1. The minimum atomic E-state index is -0.976. The molecule has 0 aromatic heterocycles. The minimum absolute atomic E-state index is 0.200. The van der Waals surface area contributed by atoms with E-state index in [9.17, 15) is 23.2 Å². The maximum absolute atomic E-state index is 13.9. The average Bonchev–Trinajstić information content (AvgIpc) is 2.69. The van der Waals surface area contributed by atoms with Crippen molar-refractivity contribution in [1.82, 2.24) is 15.5 Å². The molecule has 1 heterocycles. The van der Waals surface area contributed by atoms with Crippen molar-refractivity contribution in [2.45, 2.75) is 59.1 Å². The third-order valence-electron chi connectivity index (χ3n) is 5.27. The molecule has 0 bridgehead atoms. The molecule has 0 radical (unpaired) electrons. The van der Waals surface area contributed by atoms with E-state index < -0.39 is 40.8 Å². The van der Waals surface area contributed by atoms with Gasteiger partial charge in [-0.15, -0.1) is 0 Å². The summed E-state index contributed by atoms with van der Waals surface area (Å²) in [6.07, 6.45) is 0.892. The Labute approximate surface area is 187 Å². The van der Waals surface area contributed by atoms with Gasteiger partial charge >= 0.3 is 6.09 Å². The molecule has 0 aliphatic carbocycles. The van der Waals surface area contributed by atoms with Crippen LogP contribution in [0.2, 0.25) is 0 Å². The molecule has 0 unspecified atom stereocenters. The number of piperidine rings is 1. The number of rotatable bonds is 6. The van der Waals surface area contributed by atoms with Gasteiger partial charge in [0.15, 0.2) is 0 Å². The number of carbonyl (C=O) groups excluding carboxylic acids is 3. The highest BCUT2D eigenvalue weighted by atomic mass is 19.1. The number of halogens is 2. The van der Waals surface area contributed by atoms with Gasteiger partial charge in [-0.25, -0.2) is 13.6 Å². The van der Waals surface area contributed by atoms with Crippen molar-refractivity contribution < 1.29 is 27.9 Å². The molecule has 9 heteroatoms. The van der Waals surface area contributed by atoms with E-state index in [1.807, 2.05) is 0 Å². The third kappa shape index (κ3) is 7.17. The van der Waals surface area contributed by atoms with Gasteiger partial charge in [0.05, 0.1) is 0 Å². The normalized spacial score (nSPS) is 15.9. The minimum Gasteiger partial charge on any atom is -0.444 e. The Balaban J connectivity index is 1.92. The number of hydrogen-bond donors (Lipinski definition) is 2. The lowest BCUT2D eigenvalue weighted by Gasteiger charge is -2.35. The predicted molar refractivity (Wildman–Crippen MR) is 116 cm³/mol. The second-order valence-corrected chi connectivity index (χ2v) is 9.44. The summed E-state index contributed by atoms with van der Waals surface area (Å²) >= 11 is 0. The lowest BCUT2D eigenvalue weighted by molar-refractivity contribution is -0.135. The summed E-state index contributed by atoms with van der Waals surface area (Å²) in [6, 6.07) is 2.27. The molecule has 1 aliphatic rings. The van der Waals surface area contributed by atoms with Crippen LogP contribution in [0.5, 0.6) is 0 Å². The maximum atomic E-state index is 13.9. The number of ether oxygens (including phenoxy) is 1. The summed E-state index contributed by atoms with van der Waals surface area (Å²) in [4.78, 5) is 39.0. The lowest BCUT2D eigenvalue weighted by atomic mass is 9.95. The topological polar surface area (TPSA) is 87.7 Å². The number of hydrogen-bond acceptors (Lipinski definition) is 4. The Morgan fingerprint density at radius 1 is 1.12 bits per heavy atom. The summed E-state index contributed by atoms with van der Waals surface area (Å²) in [6.45, 7) is 10.3. The molecule has 1 aliphatic heterocycles. The van der Waals surface area contributed by atoms with Crippen molar-refractivity contribution in [2.24, 2.45) is 11.8 Å². The summed E-state index contributed by atoms with van der Waals surface area (Å²) in [5.41, 5.74) is -1.26. The molecule has 2 rings (SSSR count). The van der Waals surface area contributed by atoms with Gasteiger partial charge in [-0.05, 0) is 57.6 Å². The van der Waals surface area contributed by atoms with Crippen LogP contribution in [0.25, 0.3) is 0 Å². The Bertz CT molecular complexity index is 811. The summed E-state index contributed by atoms with van der Waals surface area (Å²) < 4.78 is 33.1. The number of alkyl carbamates (subject to hydrolysis) is 1. The molecule has 1 aromatic carbocycles. The Morgan fingerprint density at radius 3 is 2.19 bits per heavy atom. The first-order chi connectivity index (χ1) is 14.9. The highest BCUT2D eigenvalue weighted by molar-refractivity contribution is 5.98. The van der Waals surface area contributed by atoms with Crippen molar-refractivity contribution in [2.75, 3.05) is 19.6 Å². The Kier molecular flexibility index (Phi) is 8.58. The van der Waals surface area contributed by atoms with Gasteiger partial charge in [0.2, 0.25) is 5.91 Å². The number of amides is 3. The fourth-order valence-corrected chi connectivity index (χ4v) is 3.54. The van der Waals surface area contributed by atoms with E-state index in [1.165, 1.54) is 6.07 Å². The van der Waals surface area contributed by atoms with E-state index in [4.69, 9.17) is 4.74 Å². The molecule has 1 aromatic rings. The van der Waals surface area contributed by atoms with Gasteiger partial charge in [-0.1, -0.05) is 19.9 Å². The van der Waals surface area contributed by atoms with Gasteiger partial charge in [-0.2, -0.15) is 0 Å². The summed E-state index contributed by atoms with van der Waals surface area (Å²) in [7, 11) is 0. The second-order valence-electron chi connectivity index (χ2n) is 9.44. The predicted octanol–water partition coefficient (Wildman–Crippen LogP) is 3.48. The van der Waals surface area contributed by atoms with Gasteiger partial charge in [-0.3, -0.25) is 9.59 Å². The molecular weight excluding hydrogens is 420 g/mol. The average molecular weight is 454 g/mol. The van der Waals surface area contributed by atoms with Crippen LogP contribution in [-0.2, 0) is 9.53 Å². The van der Waals surface area contributed by atoms with Crippen molar-refractivity contribution in [3.8, 4) is 0 Å². The van der Waals surface area contributed by atoms with E-state index in [0.717, 1.165) is 12.1 Å². The quantitative estimate of drug-likeness (QED) is 0.690. The zero-order chi connectivity index (χ0) is 24.1. The van der Waals surface area contributed by atoms with E-state index in [2.05, 4.69) is 10.6 Å². The smallest absolute Gasteiger partial charge is 0.407 e. The standard InChI is InChI=1S/C23H33F2N3O4/c1-14(2)19(27-20(29)18-16(24)7-6-8-17(18)25)21(30)28-11-9-15(10-12-28)13-26-22(31)32-23(3,4)5/h6-8,14-15,19H,9-13H2,1-5H3,(H,26,31)(H,27,29)/t19-/m0/s1. The molecule has 1 fully saturated rings. The number of likely N-dealkylation sites (tertiary alicyclic amines) is 1. The number of benzene rings is 1. The summed E-state index contributed by atoms with van der Waals surface area (Å²) in [5, 5.41) is 5.26. The van der Waals surface area contributed by atoms with Gasteiger partial charge in [0.1, 0.15) is 28.8 Å². The van der Waals surface area contributed by atoms with Crippen LogP contribution in [0.3, 0.4) is 0 Å². The largest absolute Gasteiger partial charge is 0.444 e. The van der Waals surface area contributed by atoms with Crippen LogP contribution >= 0.6 is 0 Å². The van der Waals surface area contributed by atoms with E-state index in [0.29, 0.717) is 32.5 Å². The molecule has 7 nitrogen and oxygen atoms in total. The Morgan fingerprint density at radius 2 is 1.69 bits per heavy atom. The zero-order valence-electron chi connectivity index (χ0n) is 19.3. The molecule has 178 valence electrons. The fraction of sp³-hybridized carbons (Fsp3) is 0.609. The number of nitrogens with one attached hydrogen (secondary N) is 2. The molecule has 1 atom stereocenters. The maximum Gasteiger partial charge on any atom is 0.407 e. The highest BCUT2D eigenvalue weighted by Crippen LogP contribution is 2.20. The molecule has 32 heavy (non-hydrogen) atoms. The van der Waals surface area contributed by atoms with Crippen molar-refractivity contribution in [1.29, 1.82) is 0 Å². The van der Waals surface area contributed by atoms with Crippen molar-refractivity contribution in [3.63, 3.8) is 0 Å². The van der Waals surface area contributed by atoms with E-state index >= 15 is 0 Å². The molecule has 2 N–H and O–H groups in total. The Hall–Kier alpha value is -2.71. The zero-order valence-corrected chi connectivity index (χ0v) is 19.3. The van der Waals surface area contributed by atoms with E-state index in [1.54, 1.807) is 39.5 Å². The molecular formula is C23H33F2N3O4. The van der Waals surface area contributed by atoms with E-state index in [-0.39, 0.29) is 17.7 Å². The fourth-order valence-electron chi connectivity index (χ4n) is 3.54. The second kappa shape index (κ2) is 10.7. The van der Waals surface area contributed by atoms with Gasteiger partial charge in [0, 0.05) is 19.6 Å². The van der Waals surface area contributed by atoms with Gasteiger partial charge < -0.3 is 20.3 Å². The molecule has 1 saturated heterocycles. The van der Waals surface area contributed by atoms with Crippen LogP contribution in [-0.4, -0.2) is 54.1 Å². The van der Waals surface area contributed by atoms with Crippen LogP contribution in [0.15, 0.2) is 18.2 Å². The van der Waals surface area contributed by atoms with Gasteiger partial charge in [0.25, 0.3) is 5.91 Å². The summed E-state index contributed by atoms with van der Waals surface area (Å²) in [5.74, 6) is -3.27. The highest BCUT2D eigenvalue weighted by Gasteiger charge is 2.32. The van der Waals surface area contributed by atoms with Crippen molar-refractivity contribution in [3.05, 3.63) is 35.4 Å².